The lowest BCUT2D eigenvalue weighted by Gasteiger charge is -2.16. The maximum absolute atomic E-state index is 13.7. The quantitative estimate of drug-likeness (QED) is 0.439. The molecule has 0 radical (unpaired) electrons. The first-order chi connectivity index (χ1) is 15.2. The third-order valence-electron chi connectivity index (χ3n) is 4.33. The van der Waals surface area contributed by atoms with Gasteiger partial charge in [-0.05, 0) is 65.7 Å². The van der Waals surface area contributed by atoms with Gasteiger partial charge in [0.15, 0.2) is 11.5 Å². The summed E-state index contributed by atoms with van der Waals surface area (Å²) in [5, 5.41) is 4.79. The van der Waals surface area contributed by atoms with Crippen LogP contribution in [0.2, 0.25) is 0 Å². The van der Waals surface area contributed by atoms with Crippen LogP contribution in [-0.2, 0) is 9.59 Å². The summed E-state index contributed by atoms with van der Waals surface area (Å²) in [5.74, 6) is -1.06. The average molecular weight is 506 g/mol. The maximum Gasteiger partial charge on any atom is 0.329 e. The van der Waals surface area contributed by atoms with Gasteiger partial charge < -0.3 is 20.1 Å². The van der Waals surface area contributed by atoms with Crippen molar-refractivity contribution in [3.05, 3.63) is 57.9 Å². The number of benzene rings is 2. The Kier molecular flexibility index (Phi) is 7.14. The van der Waals surface area contributed by atoms with Crippen LogP contribution in [0.3, 0.4) is 0 Å². The lowest BCUT2D eigenvalue weighted by molar-refractivity contribution is -0.127. The van der Waals surface area contributed by atoms with Gasteiger partial charge >= 0.3 is 6.03 Å². The van der Waals surface area contributed by atoms with Gasteiger partial charge in [-0.2, -0.15) is 0 Å². The predicted octanol–water partition coefficient (Wildman–Crippen LogP) is 3.92. The first-order valence-electron chi connectivity index (χ1n) is 9.62. The normalized spacial score (nSPS) is 14.7. The van der Waals surface area contributed by atoms with Crippen molar-refractivity contribution >= 4 is 45.5 Å². The Morgan fingerprint density at radius 2 is 2.00 bits per heavy atom. The van der Waals surface area contributed by atoms with E-state index in [0.29, 0.717) is 21.5 Å². The number of nitrogens with zero attached hydrogens (tertiary/aromatic N) is 1. The number of urea groups is 1. The molecule has 8 nitrogen and oxygen atoms in total. The summed E-state index contributed by atoms with van der Waals surface area (Å²) in [5.41, 5.74) is 0.507. The molecular weight excluding hydrogens is 485 g/mol. The van der Waals surface area contributed by atoms with Gasteiger partial charge in [0.05, 0.1) is 23.4 Å². The van der Waals surface area contributed by atoms with E-state index in [1.807, 2.05) is 13.8 Å². The van der Waals surface area contributed by atoms with Gasteiger partial charge in [0, 0.05) is 0 Å². The minimum absolute atomic E-state index is 0.0137. The van der Waals surface area contributed by atoms with E-state index < -0.39 is 30.2 Å². The minimum Gasteiger partial charge on any atom is -0.493 e. The molecule has 3 rings (SSSR count). The molecule has 0 spiro atoms. The van der Waals surface area contributed by atoms with Crippen molar-refractivity contribution in [3.8, 4) is 11.5 Å². The van der Waals surface area contributed by atoms with E-state index in [0.717, 1.165) is 4.90 Å². The first-order valence-corrected chi connectivity index (χ1v) is 10.4. The van der Waals surface area contributed by atoms with Gasteiger partial charge in [0.2, 0.25) is 5.91 Å². The molecule has 168 valence electrons. The summed E-state index contributed by atoms with van der Waals surface area (Å²) in [4.78, 5) is 37.9. The van der Waals surface area contributed by atoms with E-state index in [2.05, 4.69) is 26.6 Å². The number of carbonyl (C=O) groups excluding carboxylic acids is 3. The second-order valence-corrected chi connectivity index (χ2v) is 7.96. The molecule has 1 heterocycles. The van der Waals surface area contributed by atoms with Crippen molar-refractivity contribution in [2.75, 3.05) is 19.0 Å². The monoisotopic (exact) mass is 505 g/mol. The second-order valence-electron chi connectivity index (χ2n) is 7.11. The van der Waals surface area contributed by atoms with Crippen LogP contribution < -0.4 is 20.1 Å². The molecule has 10 heteroatoms. The highest BCUT2D eigenvalue weighted by Crippen LogP contribution is 2.38. The van der Waals surface area contributed by atoms with E-state index in [1.54, 1.807) is 18.2 Å². The summed E-state index contributed by atoms with van der Waals surface area (Å²) >= 11 is 3.43. The number of hydrogen-bond donors (Lipinski definition) is 2. The predicted molar refractivity (Wildman–Crippen MR) is 120 cm³/mol. The molecule has 0 saturated carbocycles. The molecule has 2 aromatic carbocycles. The lowest BCUT2D eigenvalue weighted by Crippen LogP contribution is -2.38. The van der Waals surface area contributed by atoms with Crippen LogP contribution in [0.1, 0.15) is 19.4 Å². The Hall–Kier alpha value is -3.40. The third-order valence-corrected chi connectivity index (χ3v) is 4.92. The molecule has 0 bridgehead atoms. The number of amides is 4. The molecule has 32 heavy (non-hydrogen) atoms. The smallest absolute Gasteiger partial charge is 0.329 e. The molecule has 0 atom stereocenters. The summed E-state index contributed by atoms with van der Waals surface area (Å²) in [6, 6.07) is 8.21. The van der Waals surface area contributed by atoms with Gasteiger partial charge in [-0.1, -0.05) is 12.1 Å². The number of methoxy groups -OCH3 is 1. The number of rotatable bonds is 7. The van der Waals surface area contributed by atoms with E-state index in [4.69, 9.17) is 9.47 Å². The fourth-order valence-electron chi connectivity index (χ4n) is 2.95. The Morgan fingerprint density at radius 3 is 2.66 bits per heavy atom. The number of ether oxygens (including phenoxy) is 2. The van der Waals surface area contributed by atoms with Crippen molar-refractivity contribution in [2.45, 2.75) is 20.0 Å². The SMILES string of the molecule is COc1cc(/C=C2/NC(=O)N(CC(=O)Nc3ccccc3F)C2=O)cc(Br)c1OC(C)C. The molecule has 0 aromatic heterocycles. The fraction of sp³-hybridized carbons (Fsp3) is 0.227. The number of imide groups is 1. The summed E-state index contributed by atoms with van der Waals surface area (Å²) in [6.45, 7) is 3.20. The maximum atomic E-state index is 13.7. The fourth-order valence-corrected chi connectivity index (χ4v) is 3.50. The number of halogens is 2. The molecule has 1 aliphatic heterocycles. The number of nitrogens with one attached hydrogen (secondary N) is 2. The Bertz CT molecular complexity index is 1100. The first kappa shape index (κ1) is 23.3. The van der Waals surface area contributed by atoms with Crippen LogP contribution in [0.25, 0.3) is 6.08 Å². The number of hydrogen-bond acceptors (Lipinski definition) is 5. The van der Waals surface area contributed by atoms with Crippen LogP contribution in [0.15, 0.2) is 46.6 Å². The summed E-state index contributed by atoms with van der Waals surface area (Å²) in [7, 11) is 1.49. The zero-order chi connectivity index (χ0) is 23.4. The average Bonchev–Trinajstić information content (AvgIpc) is 2.98. The number of carbonyl (C=O) groups is 3. The lowest BCUT2D eigenvalue weighted by atomic mass is 10.1. The summed E-state index contributed by atoms with van der Waals surface area (Å²) < 4.78 is 25.4. The van der Waals surface area contributed by atoms with Gasteiger partial charge in [0.1, 0.15) is 18.1 Å². The van der Waals surface area contributed by atoms with Gasteiger partial charge in [-0.3, -0.25) is 9.59 Å². The van der Waals surface area contributed by atoms with Crippen LogP contribution in [-0.4, -0.2) is 42.5 Å². The molecule has 0 unspecified atom stereocenters. The molecular formula is C22H21BrFN3O5. The van der Waals surface area contributed by atoms with Gasteiger partial charge in [0.25, 0.3) is 5.91 Å². The van der Waals surface area contributed by atoms with Crippen molar-refractivity contribution in [3.63, 3.8) is 0 Å². The van der Waals surface area contributed by atoms with Crippen molar-refractivity contribution in [1.82, 2.24) is 10.2 Å². The molecule has 2 N–H and O–H groups in total. The molecule has 2 aromatic rings. The van der Waals surface area contributed by atoms with Crippen LogP contribution in [0.5, 0.6) is 11.5 Å². The Labute approximate surface area is 192 Å². The molecule has 4 amide bonds. The van der Waals surface area contributed by atoms with Crippen LogP contribution in [0, 0.1) is 5.82 Å². The molecule has 1 aliphatic rings. The Morgan fingerprint density at radius 1 is 1.28 bits per heavy atom. The van der Waals surface area contributed by atoms with Crippen LogP contribution >= 0.6 is 15.9 Å². The highest BCUT2D eigenvalue weighted by Gasteiger charge is 2.35. The topological polar surface area (TPSA) is 97.0 Å². The second kappa shape index (κ2) is 9.82. The summed E-state index contributed by atoms with van der Waals surface area (Å²) in [6.07, 6.45) is 1.38. The van der Waals surface area contributed by atoms with E-state index in [1.165, 1.54) is 31.4 Å². The van der Waals surface area contributed by atoms with Crippen LogP contribution in [0.4, 0.5) is 14.9 Å². The number of anilines is 1. The highest BCUT2D eigenvalue weighted by atomic mass is 79.9. The molecule has 1 fully saturated rings. The Balaban J connectivity index is 1.77. The molecule has 0 aliphatic carbocycles. The van der Waals surface area contributed by atoms with Crippen molar-refractivity contribution in [1.29, 1.82) is 0 Å². The van der Waals surface area contributed by atoms with Crippen molar-refractivity contribution < 1.29 is 28.2 Å². The van der Waals surface area contributed by atoms with Crippen molar-refractivity contribution in [2.24, 2.45) is 0 Å². The van der Waals surface area contributed by atoms with E-state index >= 15 is 0 Å². The standard InChI is InChI=1S/C22H21BrFN3O5/c1-12(2)32-20-14(23)8-13(10-18(20)31-3)9-17-21(29)27(22(30)26-17)11-19(28)25-16-7-5-4-6-15(16)24/h4-10,12H,11H2,1-3H3,(H,25,28)(H,26,30)/b17-9+. The zero-order valence-corrected chi connectivity index (χ0v) is 19.2. The van der Waals surface area contributed by atoms with E-state index in [9.17, 15) is 18.8 Å². The molecule has 1 saturated heterocycles. The van der Waals surface area contributed by atoms with E-state index in [-0.39, 0.29) is 17.5 Å². The minimum atomic E-state index is -0.754. The number of para-hydroxylation sites is 1. The van der Waals surface area contributed by atoms with Gasteiger partial charge in [-0.15, -0.1) is 0 Å². The highest BCUT2D eigenvalue weighted by molar-refractivity contribution is 9.10. The van der Waals surface area contributed by atoms with Gasteiger partial charge in [-0.25, -0.2) is 14.1 Å². The zero-order valence-electron chi connectivity index (χ0n) is 17.6. The third kappa shape index (κ3) is 5.25. The largest absolute Gasteiger partial charge is 0.493 e.